The zero-order chi connectivity index (χ0) is 12.1. The molecule has 1 aromatic heterocycles. The van der Waals surface area contributed by atoms with E-state index in [1.807, 2.05) is 24.4 Å². The largest absolute Gasteiger partial charge is 0.313 e. The lowest BCUT2D eigenvalue weighted by molar-refractivity contribution is 0.592. The van der Waals surface area contributed by atoms with Crippen molar-refractivity contribution in [3.05, 3.63) is 51.7 Å². The third-order valence-corrected chi connectivity index (χ3v) is 3.30. The summed E-state index contributed by atoms with van der Waals surface area (Å²) < 4.78 is 13.7. The van der Waals surface area contributed by atoms with Gasteiger partial charge in [-0.2, -0.15) is 0 Å². The molecule has 0 fully saturated rings. The number of hydrogen-bond acceptors (Lipinski definition) is 3. The minimum atomic E-state index is -0.139. The van der Waals surface area contributed by atoms with Crippen LogP contribution >= 0.6 is 11.3 Å². The van der Waals surface area contributed by atoms with E-state index < -0.39 is 0 Å². The number of nitrogens with zero attached hydrogens (tertiary/aromatic N) is 1. The van der Waals surface area contributed by atoms with Crippen LogP contribution in [-0.2, 0) is 13.0 Å². The molecule has 0 aliphatic rings. The van der Waals surface area contributed by atoms with E-state index in [0.717, 1.165) is 22.7 Å². The van der Waals surface area contributed by atoms with Gasteiger partial charge in [-0.15, -0.1) is 11.3 Å². The van der Waals surface area contributed by atoms with Crippen LogP contribution in [0.1, 0.15) is 23.1 Å². The number of thiazole rings is 1. The van der Waals surface area contributed by atoms with Gasteiger partial charge >= 0.3 is 0 Å². The fraction of sp³-hybridized carbons (Fsp3) is 0.308. The van der Waals surface area contributed by atoms with E-state index >= 15 is 0 Å². The van der Waals surface area contributed by atoms with Crippen molar-refractivity contribution in [2.75, 3.05) is 6.54 Å². The number of nitrogens with one attached hydrogen (secondary N) is 1. The highest BCUT2D eigenvalue weighted by Gasteiger charge is 2.04. The third-order valence-electron chi connectivity index (χ3n) is 2.52. The van der Waals surface area contributed by atoms with Crippen LogP contribution in [0, 0.1) is 5.82 Å². The second kappa shape index (κ2) is 5.89. The van der Waals surface area contributed by atoms with Crippen molar-refractivity contribution in [2.24, 2.45) is 0 Å². The topological polar surface area (TPSA) is 24.9 Å². The first-order valence-electron chi connectivity index (χ1n) is 5.66. The maximum atomic E-state index is 13.7. The average Bonchev–Trinajstić information content (AvgIpc) is 2.81. The molecule has 1 heterocycles. The van der Waals surface area contributed by atoms with E-state index in [9.17, 15) is 4.39 Å². The van der Waals surface area contributed by atoms with Gasteiger partial charge in [0.1, 0.15) is 5.82 Å². The Morgan fingerprint density at radius 2 is 2.29 bits per heavy atom. The highest BCUT2D eigenvalue weighted by Crippen LogP contribution is 2.15. The Morgan fingerprint density at radius 3 is 2.94 bits per heavy atom. The van der Waals surface area contributed by atoms with Crippen molar-refractivity contribution >= 4 is 11.3 Å². The molecule has 0 saturated heterocycles. The van der Waals surface area contributed by atoms with Crippen molar-refractivity contribution in [1.82, 2.24) is 10.3 Å². The molecule has 0 unspecified atom stereocenters. The monoisotopic (exact) mass is 250 g/mol. The molecule has 4 heteroatoms. The van der Waals surface area contributed by atoms with Crippen LogP contribution in [0.2, 0.25) is 0 Å². The van der Waals surface area contributed by atoms with E-state index in [0.29, 0.717) is 13.0 Å². The van der Waals surface area contributed by atoms with Gasteiger partial charge in [0.15, 0.2) is 0 Å². The fourth-order valence-corrected chi connectivity index (χ4v) is 2.27. The summed E-state index contributed by atoms with van der Waals surface area (Å²) in [5.41, 5.74) is 1.69. The van der Waals surface area contributed by atoms with Crippen LogP contribution in [0.5, 0.6) is 0 Å². The van der Waals surface area contributed by atoms with E-state index in [1.165, 1.54) is 0 Å². The number of rotatable bonds is 5. The molecule has 0 aliphatic carbocycles. The molecule has 0 spiro atoms. The third kappa shape index (κ3) is 3.35. The molecule has 90 valence electrons. The van der Waals surface area contributed by atoms with Gasteiger partial charge in [0, 0.05) is 30.1 Å². The predicted octanol–water partition coefficient (Wildman–Crippen LogP) is 2.98. The first-order chi connectivity index (χ1) is 8.29. The molecule has 17 heavy (non-hydrogen) atoms. The van der Waals surface area contributed by atoms with Crippen LogP contribution in [0.4, 0.5) is 4.39 Å². The standard InChI is InChI=1S/C13H15FN2S/c1-2-15-9-11-4-3-10(7-12(11)14)8-13-16-5-6-17-13/h3-7,15H,2,8-9H2,1H3. The molecular weight excluding hydrogens is 235 g/mol. The van der Waals surface area contributed by atoms with Gasteiger partial charge < -0.3 is 5.32 Å². The highest BCUT2D eigenvalue weighted by atomic mass is 32.1. The van der Waals surface area contributed by atoms with Gasteiger partial charge in [-0.25, -0.2) is 9.37 Å². The molecule has 0 aliphatic heterocycles. The fourth-order valence-electron chi connectivity index (χ4n) is 1.62. The molecular formula is C13H15FN2S. The minimum absolute atomic E-state index is 0.139. The summed E-state index contributed by atoms with van der Waals surface area (Å²) in [6.07, 6.45) is 2.48. The Labute approximate surface area is 105 Å². The first kappa shape index (κ1) is 12.2. The Hall–Kier alpha value is -1.26. The molecule has 1 aromatic carbocycles. The van der Waals surface area contributed by atoms with Gasteiger partial charge in [0.25, 0.3) is 0 Å². The Kier molecular flexibility index (Phi) is 4.23. The Morgan fingerprint density at radius 1 is 1.41 bits per heavy atom. The zero-order valence-corrected chi connectivity index (χ0v) is 10.6. The summed E-state index contributed by atoms with van der Waals surface area (Å²) in [6, 6.07) is 5.42. The molecule has 0 saturated carbocycles. The second-order valence-corrected chi connectivity index (χ2v) is 4.79. The van der Waals surface area contributed by atoms with Gasteiger partial charge in [0.05, 0.1) is 5.01 Å². The number of benzene rings is 1. The van der Waals surface area contributed by atoms with Crippen molar-refractivity contribution in [1.29, 1.82) is 0 Å². The molecule has 0 amide bonds. The second-order valence-electron chi connectivity index (χ2n) is 3.81. The smallest absolute Gasteiger partial charge is 0.127 e. The minimum Gasteiger partial charge on any atom is -0.313 e. The van der Waals surface area contributed by atoms with E-state index in [-0.39, 0.29) is 5.82 Å². The number of halogens is 1. The normalized spacial score (nSPS) is 10.7. The molecule has 2 aromatic rings. The molecule has 2 nitrogen and oxygen atoms in total. The predicted molar refractivity (Wildman–Crippen MR) is 68.7 cm³/mol. The number of hydrogen-bond donors (Lipinski definition) is 1. The van der Waals surface area contributed by atoms with E-state index in [4.69, 9.17) is 0 Å². The van der Waals surface area contributed by atoms with E-state index in [2.05, 4.69) is 10.3 Å². The van der Waals surface area contributed by atoms with Gasteiger partial charge in [-0.3, -0.25) is 0 Å². The lowest BCUT2D eigenvalue weighted by Gasteiger charge is -2.05. The Balaban J connectivity index is 2.08. The van der Waals surface area contributed by atoms with Crippen molar-refractivity contribution in [3.63, 3.8) is 0 Å². The SMILES string of the molecule is CCNCc1ccc(Cc2nccs2)cc1F. The summed E-state index contributed by atoms with van der Waals surface area (Å²) in [5.74, 6) is -0.139. The van der Waals surface area contributed by atoms with Crippen LogP contribution < -0.4 is 5.32 Å². The summed E-state index contributed by atoms with van der Waals surface area (Å²) in [7, 11) is 0. The van der Waals surface area contributed by atoms with Gasteiger partial charge in [-0.1, -0.05) is 19.1 Å². The lowest BCUT2D eigenvalue weighted by Crippen LogP contribution is -2.13. The summed E-state index contributed by atoms with van der Waals surface area (Å²) in [5, 5.41) is 6.07. The maximum absolute atomic E-state index is 13.7. The van der Waals surface area contributed by atoms with Crippen LogP contribution in [0.3, 0.4) is 0 Å². The van der Waals surface area contributed by atoms with Crippen molar-refractivity contribution in [3.8, 4) is 0 Å². The number of aromatic nitrogens is 1. The maximum Gasteiger partial charge on any atom is 0.127 e. The average molecular weight is 250 g/mol. The van der Waals surface area contributed by atoms with Gasteiger partial charge in [0.2, 0.25) is 0 Å². The van der Waals surface area contributed by atoms with Crippen molar-refractivity contribution in [2.45, 2.75) is 19.9 Å². The summed E-state index contributed by atoms with van der Waals surface area (Å²) >= 11 is 1.60. The van der Waals surface area contributed by atoms with Crippen LogP contribution in [0.25, 0.3) is 0 Å². The van der Waals surface area contributed by atoms with Crippen LogP contribution in [-0.4, -0.2) is 11.5 Å². The molecule has 0 bridgehead atoms. The summed E-state index contributed by atoms with van der Waals surface area (Å²) in [6.45, 7) is 3.44. The molecule has 0 radical (unpaired) electrons. The van der Waals surface area contributed by atoms with Crippen LogP contribution in [0.15, 0.2) is 29.8 Å². The first-order valence-corrected chi connectivity index (χ1v) is 6.54. The molecule has 0 atom stereocenters. The molecule has 2 rings (SSSR count). The zero-order valence-electron chi connectivity index (χ0n) is 9.74. The van der Waals surface area contributed by atoms with E-state index in [1.54, 1.807) is 23.6 Å². The Bertz CT molecular complexity index is 468. The van der Waals surface area contributed by atoms with Crippen molar-refractivity contribution < 1.29 is 4.39 Å². The lowest BCUT2D eigenvalue weighted by atomic mass is 10.1. The quantitative estimate of drug-likeness (QED) is 0.882. The highest BCUT2D eigenvalue weighted by molar-refractivity contribution is 7.09. The summed E-state index contributed by atoms with van der Waals surface area (Å²) in [4.78, 5) is 4.20. The van der Waals surface area contributed by atoms with Gasteiger partial charge in [-0.05, 0) is 18.2 Å². The molecule has 1 N–H and O–H groups in total.